The molecule has 0 aromatic heterocycles. The summed E-state index contributed by atoms with van der Waals surface area (Å²) in [5.41, 5.74) is 7.16. The summed E-state index contributed by atoms with van der Waals surface area (Å²) < 4.78 is 11.9. The SMILES string of the molecule is CC(C)C(Cc1ccc(N)cc1)C(=O)OF. The van der Waals surface area contributed by atoms with E-state index in [4.69, 9.17) is 5.73 Å². The molecule has 1 aromatic rings. The molecule has 1 rings (SSSR count). The van der Waals surface area contributed by atoms with Gasteiger partial charge >= 0.3 is 5.97 Å². The van der Waals surface area contributed by atoms with Gasteiger partial charge in [-0.2, -0.15) is 0 Å². The first-order valence-corrected chi connectivity index (χ1v) is 5.21. The molecule has 1 aromatic carbocycles. The molecular formula is C12H16FNO2. The minimum atomic E-state index is -0.813. The average molecular weight is 225 g/mol. The molecule has 0 aliphatic heterocycles. The lowest BCUT2D eigenvalue weighted by Gasteiger charge is -2.16. The lowest BCUT2D eigenvalue weighted by atomic mass is 9.89. The van der Waals surface area contributed by atoms with Crippen LogP contribution in [0.2, 0.25) is 0 Å². The van der Waals surface area contributed by atoms with E-state index < -0.39 is 11.9 Å². The second kappa shape index (κ2) is 5.49. The second-order valence-electron chi connectivity index (χ2n) is 4.19. The van der Waals surface area contributed by atoms with E-state index in [0.29, 0.717) is 12.1 Å². The third-order valence-electron chi connectivity index (χ3n) is 2.62. The van der Waals surface area contributed by atoms with Crippen molar-refractivity contribution in [1.82, 2.24) is 0 Å². The summed E-state index contributed by atoms with van der Waals surface area (Å²) in [7, 11) is 0. The number of nitrogen functional groups attached to an aromatic ring is 1. The van der Waals surface area contributed by atoms with Crippen molar-refractivity contribution in [2.24, 2.45) is 11.8 Å². The molecule has 0 aliphatic carbocycles. The molecule has 0 spiro atoms. The summed E-state index contributed by atoms with van der Waals surface area (Å²) in [5, 5.41) is 0. The zero-order valence-electron chi connectivity index (χ0n) is 9.44. The maximum Gasteiger partial charge on any atom is 0.352 e. The Morgan fingerprint density at radius 2 is 1.94 bits per heavy atom. The van der Waals surface area contributed by atoms with E-state index in [1.807, 2.05) is 26.0 Å². The van der Waals surface area contributed by atoms with Crippen LogP contribution in [0.4, 0.5) is 10.2 Å². The molecule has 1 unspecified atom stereocenters. The van der Waals surface area contributed by atoms with Crippen molar-refractivity contribution in [2.45, 2.75) is 20.3 Å². The molecular weight excluding hydrogens is 209 g/mol. The second-order valence-corrected chi connectivity index (χ2v) is 4.19. The molecule has 0 amide bonds. The van der Waals surface area contributed by atoms with Gasteiger partial charge in [-0.25, -0.2) is 4.79 Å². The molecule has 0 saturated carbocycles. The molecule has 0 aliphatic rings. The predicted octanol–water partition coefficient (Wildman–Crippen LogP) is 2.51. The quantitative estimate of drug-likeness (QED) is 0.801. The number of rotatable bonds is 4. The van der Waals surface area contributed by atoms with Gasteiger partial charge in [0, 0.05) is 10.2 Å². The van der Waals surface area contributed by atoms with Crippen LogP contribution in [0, 0.1) is 11.8 Å². The van der Waals surface area contributed by atoms with Gasteiger partial charge in [0.2, 0.25) is 0 Å². The Morgan fingerprint density at radius 1 is 1.38 bits per heavy atom. The fourth-order valence-corrected chi connectivity index (χ4v) is 1.56. The van der Waals surface area contributed by atoms with Crippen LogP contribution in [0.15, 0.2) is 24.3 Å². The van der Waals surface area contributed by atoms with Crippen molar-refractivity contribution in [3.05, 3.63) is 29.8 Å². The summed E-state index contributed by atoms with van der Waals surface area (Å²) in [6.45, 7) is 3.72. The Hall–Kier alpha value is -1.58. The van der Waals surface area contributed by atoms with E-state index in [9.17, 15) is 9.32 Å². The molecule has 16 heavy (non-hydrogen) atoms. The van der Waals surface area contributed by atoms with Crippen molar-refractivity contribution < 1.29 is 14.3 Å². The van der Waals surface area contributed by atoms with E-state index in [1.54, 1.807) is 12.1 Å². The molecule has 1 atom stereocenters. The topological polar surface area (TPSA) is 52.3 Å². The third kappa shape index (κ3) is 3.22. The fourth-order valence-electron chi connectivity index (χ4n) is 1.56. The van der Waals surface area contributed by atoms with E-state index in [1.165, 1.54) is 0 Å². The molecule has 0 bridgehead atoms. The highest BCUT2D eigenvalue weighted by molar-refractivity contribution is 5.72. The van der Waals surface area contributed by atoms with Crippen LogP contribution in [-0.2, 0) is 16.2 Å². The lowest BCUT2D eigenvalue weighted by Crippen LogP contribution is -2.23. The normalized spacial score (nSPS) is 12.5. The number of carbonyl (C=O) groups is 1. The molecule has 0 heterocycles. The summed E-state index contributed by atoms with van der Waals surface area (Å²) >= 11 is 0. The van der Waals surface area contributed by atoms with E-state index in [2.05, 4.69) is 4.94 Å². The maximum absolute atomic E-state index is 11.9. The molecule has 3 nitrogen and oxygen atoms in total. The Morgan fingerprint density at radius 3 is 2.38 bits per heavy atom. The van der Waals surface area contributed by atoms with Gasteiger partial charge in [-0.05, 0) is 30.0 Å². The van der Waals surface area contributed by atoms with Crippen molar-refractivity contribution >= 4 is 11.7 Å². The molecule has 0 radical (unpaired) electrons. The van der Waals surface area contributed by atoms with E-state index in [-0.39, 0.29) is 5.92 Å². The molecule has 0 fully saturated rings. The van der Waals surface area contributed by atoms with E-state index in [0.717, 1.165) is 5.56 Å². The van der Waals surface area contributed by atoms with Gasteiger partial charge in [0.25, 0.3) is 0 Å². The summed E-state index contributed by atoms with van der Waals surface area (Å²) in [6, 6.07) is 7.17. The first-order chi connectivity index (χ1) is 7.54. The average Bonchev–Trinajstić information content (AvgIpc) is 2.27. The van der Waals surface area contributed by atoms with Crippen LogP contribution in [0.1, 0.15) is 19.4 Å². The van der Waals surface area contributed by atoms with Gasteiger partial charge in [-0.1, -0.05) is 26.0 Å². The molecule has 0 saturated heterocycles. The first kappa shape index (κ1) is 12.5. The van der Waals surface area contributed by atoms with Crippen molar-refractivity contribution in [3.63, 3.8) is 0 Å². The Bertz CT molecular complexity index is 349. The van der Waals surface area contributed by atoms with Crippen LogP contribution in [-0.4, -0.2) is 5.97 Å². The number of hydrogen-bond donors (Lipinski definition) is 1. The minimum absolute atomic E-state index is 0.0285. The Kier molecular flexibility index (Phi) is 4.28. The Labute approximate surface area is 94.3 Å². The van der Waals surface area contributed by atoms with Crippen molar-refractivity contribution in [3.8, 4) is 0 Å². The molecule has 88 valence electrons. The third-order valence-corrected chi connectivity index (χ3v) is 2.62. The van der Waals surface area contributed by atoms with Gasteiger partial charge in [0.1, 0.15) is 0 Å². The zero-order chi connectivity index (χ0) is 12.1. The number of carbonyl (C=O) groups excluding carboxylic acids is 1. The first-order valence-electron chi connectivity index (χ1n) is 5.21. The summed E-state index contributed by atoms with van der Waals surface area (Å²) in [6.07, 6.45) is 0.459. The fraction of sp³-hybridized carbons (Fsp3) is 0.417. The summed E-state index contributed by atoms with van der Waals surface area (Å²) in [4.78, 5) is 14.5. The molecule has 4 heteroatoms. The van der Waals surface area contributed by atoms with Crippen LogP contribution in [0.5, 0.6) is 0 Å². The van der Waals surface area contributed by atoms with Crippen molar-refractivity contribution in [2.75, 3.05) is 5.73 Å². The largest absolute Gasteiger partial charge is 0.399 e. The Balaban J connectivity index is 2.75. The van der Waals surface area contributed by atoms with Crippen LogP contribution >= 0.6 is 0 Å². The number of nitrogens with two attached hydrogens (primary N) is 1. The lowest BCUT2D eigenvalue weighted by molar-refractivity contribution is -0.190. The van der Waals surface area contributed by atoms with Crippen LogP contribution in [0.25, 0.3) is 0 Å². The maximum atomic E-state index is 11.9. The number of anilines is 1. The number of hydrogen-bond acceptors (Lipinski definition) is 3. The van der Waals surface area contributed by atoms with Gasteiger partial charge in [-0.15, -0.1) is 0 Å². The highest BCUT2D eigenvalue weighted by atomic mass is 19.3. The minimum Gasteiger partial charge on any atom is -0.399 e. The smallest absolute Gasteiger partial charge is 0.352 e. The van der Waals surface area contributed by atoms with Crippen LogP contribution in [0.3, 0.4) is 0 Å². The standard InChI is InChI=1S/C12H16FNO2/c1-8(2)11(12(15)16-13)7-9-3-5-10(14)6-4-9/h3-6,8,11H,7,14H2,1-2H3. The van der Waals surface area contributed by atoms with Gasteiger partial charge in [-0.3, -0.25) is 4.94 Å². The number of benzene rings is 1. The predicted molar refractivity (Wildman–Crippen MR) is 60.1 cm³/mol. The molecule has 2 N–H and O–H groups in total. The monoisotopic (exact) mass is 225 g/mol. The van der Waals surface area contributed by atoms with Gasteiger partial charge in [0.15, 0.2) is 0 Å². The zero-order valence-corrected chi connectivity index (χ0v) is 9.44. The van der Waals surface area contributed by atoms with E-state index >= 15 is 0 Å². The number of halogens is 1. The highest BCUT2D eigenvalue weighted by Gasteiger charge is 2.24. The van der Waals surface area contributed by atoms with Gasteiger partial charge < -0.3 is 5.73 Å². The van der Waals surface area contributed by atoms with Gasteiger partial charge in [0.05, 0.1) is 5.92 Å². The summed E-state index contributed by atoms with van der Waals surface area (Å²) in [5.74, 6) is -1.25. The van der Waals surface area contributed by atoms with Crippen molar-refractivity contribution in [1.29, 1.82) is 0 Å². The van der Waals surface area contributed by atoms with Crippen LogP contribution < -0.4 is 5.73 Å². The highest BCUT2D eigenvalue weighted by Crippen LogP contribution is 2.19.